The van der Waals surface area contributed by atoms with Crippen molar-refractivity contribution in [2.24, 2.45) is 23.7 Å². The summed E-state index contributed by atoms with van der Waals surface area (Å²) in [4.78, 5) is 72.3. The van der Waals surface area contributed by atoms with Crippen LogP contribution in [0.3, 0.4) is 0 Å². The highest BCUT2D eigenvalue weighted by molar-refractivity contribution is 7.47. The Bertz CT molecular complexity index is 1720. The minimum atomic E-state index is -4.95. The molecule has 0 aliphatic carbocycles. The van der Waals surface area contributed by atoms with Gasteiger partial charge in [-0.2, -0.15) is 0 Å². The number of hydrogen-bond donors (Lipinski definition) is 3. The summed E-state index contributed by atoms with van der Waals surface area (Å²) in [6, 6.07) is 0. The fraction of sp³-hybridized carbons (Fsp3) is 0.940. The lowest BCUT2D eigenvalue weighted by atomic mass is 10.00. The third kappa shape index (κ3) is 59.7. The Morgan fingerprint density at radius 2 is 0.558 bits per heavy atom. The average Bonchev–Trinajstić information content (AvgIpc) is 3.65. The summed E-state index contributed by atoms with van der Waals surface area (Å²) in [5, 5.41) is 10.6. The average molecular weight is 1270 g/mol. The molecule has 0 heterocycles. The summed E-state index contributed by atoms with van der Waals surface area (Å²) < 4.78 is 68.1. The number of rotatable bonds is 64. The molecule has 0 fully saturated rings. The summed E-state index contributed by atoms with van der Waals surface area (Å²) >= 11 is 0. The van der Waals surface area contributed by atoms with Crippen LogP contribution in [0.15, 0.2) is 0 Å². The smallest absolute Gasteiger partial charge is 0.462 e. The maximum absolute atomic E-state index is 13.0. The molecule has 0 rings (SSSR count). The molecule has 86 heavy (non-hydrogen) atoms. The van der Waals surface area contributed by atoms with E-state index in [1.54, 1.807) is 0 Å². The first-order valence-corrected chi connectivity index (χ1v) is 37.7. The number of phosphoric ester groups is 2. The molecule has 17 nitrogen and oxygen atoms in total. The van der Waals surface area contributed by atoms with Gasteiger partial charge in [0.1, 0.15) is 19.3 Å². The van der Waals surface area contributed by atoms with Crippen LogP contribution in [0, 0.1) is 23.7 Å². The Morgan fingerprint density at radius 1 is 0.326 bits per heavy atom. The van der Waals surface area contributed by atoms with E-state index in [1.165, 1.54) is 122 Å². The van der Waals surface area contributed by atoms with E-state index in [0.717, 1.165) is 114 Å². The molecule has 0 aromatic rings. The van der Waals surface area contributed by atoms with Crippen molar-refractivity contribution in [1.29, 1.82) is 0 Å². The Morgan fingerprint density at radius 3 is 0.826 bits per heavy atom. The van der Waals surface area contributed by atoms with Gasteiger partial charge in [-0.15, -0.1) is 0 Å². The van der Waals surface area contributed by atoms with E-state index < -0.39 is 97.5 Å². The molecule has 0 saturated carbocycles. The second-order valence-corrected chi connectivity index (χ2v) is 28.8. The second-order valence-electron chi connectivity index (χ2n) is 25.9. The number of aliphatic hydroxyl groups excluding tert-OH is 1. The Hall–Kier alpha value is -1.94. The molecule has 19 heteroatoms. The van der Waals surface area contributed by atoms with Crippen LogP contribution >= 0.6 is 15.6 Å². The lowest BCUT2D eigenvalue weighted by Gasteiger charge is -2.21. The fourth-order valence-electron chi connectivity index (χ4n) is 9.93. The number of carbonyl (C=O) groups is 4. The van der Waals surface area contributed by atoms with Crippen LogP contribution in [0.1, 0.15) is 325 Å². The van der Waals surface area contributed by atoms with Crippen molar-refractivity contribution in [3.8, 4) is 0 Å². The van der Waals surface area contributed by atoms with E-state index in [2.05, 4.69) is 55.4 Å². The van der Waals surface area contributed by atoms with Crippen molar-refractivity contribution in [3.05, 3.63) is 0 Å². The van der Waals surface area contributed by atoms with Crippen molar-refractivity contribution >= 4 is 39.5 Å². The maximum atomic E-state index is 13.0. The standard InChI is InChI=1S/C67H130O17P2/c1-9-60(8)46-38-30-24-26-34-42-50-67(72)84-63(54-78-65(70)48-40-32-25-23-29-37-45-59(6)7)56-82-86(75,76)80-52-61(68)51-79-85(73,74)81-55-62(83-66(71)49-41-33-22-18-14-13-16-20-28-36-44-58(4)5)53-77-64(69)47-39-31-21-17-12-10-11-15-19-27-35-43-57(2)3/h57-63,68H,9-56H2,1-8H3,(H,73,74)(H,75,76)/t60?,61-,62-,63-/m1/s1. The van der Waals surface area contributed by atoms with E-state index in [9.17, 15) is 43.2 Å². The first kappa shape index (κ1) is 84.1. The summed E-state index contributed by atoms with van der Waals surface area (Å²) in [6.07, 6.45) is 37.7. The zero-order chi connectivity index (χ0) is 63.9. The Labute approximate surface area is 524 Å². The molecule has 6 atom stereocenters. The lowest BCUT2D eigenvalue weighted by molar-refractivity contribution is -0.161. The number of esters is 4. The van der Waals surface area contributed by atoms with Gasteiger partial charge in [0.15, 0.2) is 12.2 Å². The van der Waals surface area contributed by atoms with Crippen molar-refractivity contribution < 1.29 is 80.2 Å². The van der Waals surface area contributed by atoms with Crippen LogP contribution in [0.4, 0.5) is 0 Å². The summed E-state index contributed by atoms with van der Waals surface area (Å²) in [6.45, 7) is 14.0. The van der Waals surface area contributed by atoms with Gasteiger partial charge in [0.25, 0.3) is 0 Å². The maximum Gasteiger partial charge on any atom is 0.472 e. The molecule has 0 bridgehead atoms. The first-order chi connectivity index (χ1) is 41.1. The quantitative estimate of drug-likeness (QED) is 0.0222. The fourth-order valence-corrected chi connectivity index (χ4v) is 11.5. The first-order valence-electron chi connectivity index (χ1n) is 34.7. The van der Waals surface area contributed by atoms with Crippen molar-refractivity contribution in [2.45, 2.75) is 343 Å². The van der Waals surface area contributed by atoms with Gasteiger partial charge < -0.3 is 33.8 Å². The Balaban J connectivity index is 5.25. The van der Waals surface area contributed by atoms with Gasteiger partial charge in [-0.3, -0.25) is 37.3 Å². The highest BCUT2D eigenvalue weighted by atomic mass is 31.2. The van der Waals surface area contributed by atoms with E-state index >= 15 is 0 Å². The molecule has 0 spiro atoms. The Kier molecular flexibility index (Phi) is 55.7. The molecule has 0 aliphatic rings. The molecule has 0 saturated heterocycles. The second kappa shape index (κ2) is 57.0. The highest BCUT2D eigenvalue weighted by Crippen LogP contribution is 2.45. The number of aliphatic hydroxyl groups is 1. The highest BCUT2D eigenvalue weighted by Gasteiger charge is 2.30. The molecule has 0 amide bonds. The van der Waals surface area contributed by atoms with Crippen LogP contribution in [0.5, 0.6) is 0 Å². The van der Waals surface area contributed by atoms with Gasteiger partial charge in [-0.25, -0.2) is 9.13 Å². The van der Waals surface area contributed by atoms with Crippen LogP contribution < -0.4 is 0 Å². The largest absolute Gasteiger partial charge is 0.472 e. The van der Waals surface area contributed by atoms with Crippen molar-refractivity contribution in [1.82, 2.24) is 0 Å². The number of ether oxygens (including phenoxy) is 4. The van der Waals surface area contributed by atoms with Crippen molar-refractivity contribution in [3.63, 3.8) is 0 Å². The van der Waals surface area contributed by atoms with Gasteiger partial charge in [0.05, 0.1) is 26.4 Å². The minimum Gasteiger partial charge on any atom is -0.462 e. The third-order valence-corrected chi connectivity index (χ3v) is 17.6. The van der Waals surface area contributed by atoms with Gasteiger partial charge >= 0.3 is 39.5 Å². The number of hydrogen-bond acceptors (Lipinski definition) is 15. The third-order valence-electron chi connectivity index (χ3n) is 15.7. The van der Waals surface area contributed by atoms with Crippen LogP contribution in [-0.4, -0.2) is 96.7 Å². The van der Waals surface area contributed by atoms with Gasteiger partial charge in [0, 0.05) is 25.7 Å². The number of unbranched alkanes of at least 4 members (excludes halogenated alkanes) is 29. The monoisotopic (exact) mass is 1270 g/mol. The molecular weight excluding hydrogens is 1140 g/mol. The zero-order valence-corrected chi connectivity index (χ0v) is 57.7. The number of carbonyl (C=O) groups excluding carboxylic acids is 4. The summed E-state index contributed by atoms with van der Waals surface area (Å²) in [7, 11) is -9.90. The van der Waals surface area contributed by atoms with Gasteiger partial charge in [-0.1, -0.05) is 274 Å². The van der Waals surface area contributed by atoms with Gasteiger partial charge in [0.2, 0.25) is 0 Å². The van der Waals surface area contributed by atoms with Crippen molar-refractivity contribution in [2.75, 3.05) is 39.6 Å². The molecule has 0 aromatic heterocycles. The van der Waals surface area contributed by atoms with E-state index in [0.29, 0.717) is 31.6 Å². The minimum absolute atomic E-state index is 0.101. The topological polar surface area (TPSA) is 237 Å². The van der Waals surface area contributed by atoms with E-state index in [-0.39, 0.29) is 25.7 Å². The molecule has 0 aliphatic heterocycles. The molecule has 510 valence electrons. The van der Waals surface area contributed by atoms with E-state index in [4.69, 9.17) is 37.0 Å². The molecule has 0 aromatic carbocycles. The predicted molar refractivity (Wildman–Crippen MR) is 344 cm³/mol. The normalized spacial score (nSPS) is 14.7. The van der Waals surface area contributed by atoms with Gasteiger partial charge in [-0.05, 0) is 49.4 Å². The summed E-state index contributed by atoms with van der Waals surface area (Å²) in [5.41, 5.74) is 0. The van der Waals surface area contributed by atoms with Crippen LogP contribution in [0.25, 0.3) is 0 Å². The van der Waals surface area contributed by atoms with Crippen LogP contribution in [-0.2, 0) is 65.4 Å². The van der Waals surface area contributed by atoms with Crippen LogP contribution in [0.2, 0.25) is 0 Å². The molecule has 3 N–H and O–H groups in total. The molecule has 0 radical (unpaired) electrons. The van der Waals surface area contributed by atoms with E-state index in [1.807, 2.05) is 0 Å². The lowest BCUT2D eigenvalue weighted by Crippen LogP contribution is -2.30. The molecule has 3 unspecified atom stereocenters. The predicted octanol–water partition coefficient (Wildman–Crippen LogP) is 18.5. The zero-order valence-electron chi connectivity index (χ0n) is 55.9. The summed E-state index contributed by atoms with van der Waals surface area (Å²) in [5.74, 6) is 0.785. The molecular formula is C67H130O17P2. The SMILES string of the molecule is CCC(C)CCCCCCCCC(=O)O[C@H](COC(=O)CCCCCCCCC(C)C)COP(=O)(O)OC[C@H](O)COP(=O)(O)OC[C@@H](COC(=O)CCCCCCCCCCCCCC(C)C)OC(=O)CCCCCCCCCCCCC(C)C. The number of phosphoric acid groups is 2.